The fourth-order valence-electron chi connectivity index (χ4n) is 3.63. The number of hydrogen-bond donors (Lipinski definition) is 1. The standard InChI is InChI=1S/C27H27BrN2O3/c1-19(2)26(27(33)29-23-15-13-22(28)14-16-23)30(24(31)17-20-9-5-3-6-10-20)25(32)18-21-11-7-4-8-12-21/h3-16,19,26H,17-18H2,1-2H3,(H,29,33). The van der Waals surface area contributed by atoms with Crippen LogP contribution in [0.25, 0.3) is 0 Å². The van der Waals surface area contributed by atoms with Crippen LogP contribution in [0.4, 0.5) is 5.69 Å². The Morgan fingerprint density at radius 1 is 0.758 bits per heavy atom. The third kappa shape index (κ3) is 6.86. The van der Waals surface area contributed by atoms with Crippen molar-refractivity contribution in [1.29, 1.82) is 0 Å². The van der Waals surface area contributed by atoms with E-state index in [1.165, 1.54) is 0 Å². The molecule has 0 heterocycles. The summed E-state index contributed by atoms with van der Waals surface area (Å²) in [4.78, 5) is 41.3. The van der Waals surface area contributed by atoms with E-state index in [-0.39, 0.29) is 18.8 Å². The molecule has 3 rings (SSSR count). The number of carbonyl (C=O) groups is 3. The minimum absolute atomic E-state index is 0.0379. The molecule has 3 aromatic rings. The lowest BCUT2D eigenvalue weighted by molar-refractivity contribution is -0.151. The second-order valence-corrected chi connectivity index (χ2v) is 9.08. The molecule has 0 aliphatic carbocycles. The van der Waals surface area contributed by atoms with Crippen molar-refractivity contribution in [1.82, 2.24) is 4.90 Å². The van der Waals surface area contributed by atoms with Gasteiger partial charge in [-0.25, -0.2) is 0 Å². The normalized spacial score (nSPS) is 11.6. The largest absolute Gasteiger partial charge is 0.324 e. The number of benzene rings is 3. The molecule has 0 radical (unpaired) electrons. The third-order valence-electron chi connectivity index (χ3n) is 5.22. The van der Waals surface area contributed by atoms with Crippen molar-refractivity contribution in [3.8, 4) is 0 Å². The van der Waals surface area contributed by atoms with Gasteiger partial charge in [-0.1, -0.05) is 90.4 Å². The van der Waals surface area contributed by atoms with Gasteiger partial charge < -0.3 is 5.32 Å². The van der Waals surface area contributed by atoms with Gasteiger partial charge in [-0.3, -0.25) is 19.3 Å². The predicted molar refractivity (Wildman–Crippen MR) is 134 cm³/mol. The highest BCUT2D eigenvalue weighted by atomic mass is 79.9. The van der Waals surface area contributed by atoms with Crippen molar-refractivity contribution in [3.05, 3.63) is 101 Å². The average Bonchev–Trinajstić information content (AvgIpc) is 2.79. The summed E-state index contributed by atoms with van der Waals surface area (Å²) in [5.74, 6) is -1.46. The van der Waals surface area contributed by atoms with Gasteiger partial charge in [0.15, 0.2) is 0 Å². The van der Waals surface area contributed by atoms with Crippen LogP contribution < -0.4 is 5.32 Å². The summed E-state index contributed by atoms with van der Waals surface area (Å²) in [5, 5.41) is 2.86. The molecule has 1 N–H and O–H groups in total. The van der Waals surface area contributed by atoms with E-state index in [1.807, 2.05) is 86.6 Å². The van der Waals surface area contributed by atoms with Crippen LogP contribution in [0.1, 0.15) is 25.0 Å². The Morgan fingerprint density at radius 2 is 1.21 bits per heavy atom. The first kappa shape index (κ1) is 24.4. The Bertz CT molecular complexity index is 1030. The fourth-order valence-corrected chi connectivity index (χ4v) is 3.89. The Labute approximate surface area is 202 Å². The molecule has 0 fully saturated rings. The second-order valence-electron chi connectivity index (χ2n) is 8.17. The molecule has 33 heavy (non-hydrogen) atoms. The summed E-state index contributed by atoms with van der Waals surface area (Å²) in [6.45, 7) is 3.68. The smallest absolute Gasteiger partial charge is 0.247 e. The van der Waals surface area contributed by atoms with Gasteiger partial charge in [-0.15, -0.1) is 0 Å². The number of halogens is 1. The molecule has 0 spiro atoms. The topological polar surface area (TPSA) is 66.5 Å². The summed E-state index contributed by atoms with van der Waals surface area (Å²) in [6.07, 6.45) is 0.0757. The molecule has 170 valence electrons. The van der Waals surface area contributed by atoms with Crippen molar-refractivity contribution in [2.24, 2.45) is 5.92 Å². The zero-order chi connectivity index (χ0) is 23.8. The molecule has 0 saturated carbocycles. The van der Waals surface area contributed by atoms with Crippen LogP contribution in [-0.4, -0.2) is 28.7 Å². The number of carbonyl (C=O) groups excluding carboxylic acids is 3. The zero-order valence-corrected chi connectivity index (χ0v) is 20.3. The van der Waals surface area contributed by atoms with Gasteiger partial charge in [0.2, 0.25) is 17.7 Å². The van der Waals surface area contributed by atoms with Crippen LogP contribution in [0.5, 0.6) is 0 Å². The Kier molecular flexibility index (Phi) is 8.55. The predicted octanol–water partition coefficient (Wildman–Crippen LogP) is 5.25. The summed E-state index contributed by atoms with van der Waals surface area (Å²) >= 11 is 3.38. The molecule has 0 aromatic heterocycles. The number of amides is 3. The molecule has 3 aromatic carbocycles. The van der Waals surface area contributed by atoms with Crippen molar-refractivity contribution in [2.45, 2.75) is 32.7 Å². The van der Waals surface area contributed by atoms with E-state index in [0.29, 0.717) is 5.69 Å². The van der Waals surface area contributed by atoms with Crippen molar-refractivity contribution < 1.29 is 14.4 Å². The highest BCUT2D eigenvalue weighted by Gasteiger charge is 2.36. The fraction of sp³-hybridized carbons (Fsp3) is 0.222. The maximum atomic E-state index is 13.4. The molecule has 0 aliphatic heterocycles. The van der Waals surface area contributed by atoms with Crippen molar-refractivity contribution >= 4 is 39.3 Å². The molecule has 5 nitrogen and oxygen atoms in total. The van der Waals surface area contributed by atoms with E-state index in [1.54, 1.807) is 12.1 Å². The average molecular weight is 507 g/mol. The molecule has 1 unspecified atom stereocenters. The van der Waals surface area contributed by atoms with Gasteiger partial charge in [-0.2, -0.15) is 0 Å². The summed E-state index contributed by atoms with van der Waals surface area (Å²) in [7, 11) is 0. The van der Waals surface area contributed by atoms with Gasteiger partial charge in [0.25, 0.3) is 0 Å². The minimum Gasteiger partial charge on any atom is -0.324 e. The van der Waals surface area contributed by atoms with Crippen LogP contribution in [0, 0.1) is 5.92 Å². The molecule has 0 bridgehead atoms. The van der Waals surface area contributed by atoms with E-state index >= 15 is 0 Å². The minimum atomic E-state index is -0.943. The number of nitrogens with zero attached hydrogens (tertiary/aromatic N) is 1. The first-order valence-corrected chi connectivity index (χ1v) is 11.6. The van der Waals surface area contributed by atoms with Crippen LogP contribution in [0.2, 0.25) is 0 Å². The second kappa shape index (κ2) is 11.6. The van der Waals surface area contributed by atoms with Crippen LogP contribution in [0.15, 0.2) is 89.4 Å². The number of imide groups is 1. The van der Waals surface area contributed by atoms with E-state index in [9.17, 15) is 14.4 Å². The monoisotopic (exact) mass is 506 g/mol. The highest BCUT2D eigenvalue weighted by molar-refractivity contribution is 9.10. The van der Waals surface area contributed by atoms with Gasteiger partial charge in [0, 0.05) is 10.2 Å². The lowest BCUT2D eigenvalue weighted by Crippen LogP contribution is -2.54. The number of nitrogens with one attached hydrogen (secondary N) is 1. The van der Waals surface area contributed by atoms with Crippen LogP contribution >= 0.6 is 15.9 Å². The summed E-state index contributed by atoms with van der Waals surface area (Å²) < 4.78 is 0.888. The Hall–Kier alpha value is -3.25. The van der Waals surface area contributed by atoms with Crippen LogP contribution in [-0.2, 0) is 27.2 Å². The van der Waals surface area contributed by atoms with Gasteiger partial charge in [0.1, 0.15) is 6.04 Å². The maximum absolute atomic E-state index is 13.4. The molecule has 0 saturated heterocycles. The Morgan fingerprint density at radius 3 is 1.64 bits per heavy atom. The van der Waals surface area contributed by atoms with E-state index in [4.69, 9.17) is 0 Å². The van der Waals surface area contributed by atoms with Gasteiger partial charge in [-0.05, 0) is 41.3 Å². The SMILES string of the molecule is CC(C)C(C(=O)Nc1ccc(Br)cc1)N(C(=O)Cc1ccccc1)C(=O)Cc1ccccc1. The zero-order valence-electron chi connectivity index (χ0n) is 18.7. The number of hydrogen-bond acceptors (Lipinski definition) is 3. The molecular formula is C27H27BrN2O3. The number of anilines is 1. The van der Waals surface area contributed by atoms with Crippen molar-refractivity contribution in [3.63, 3.8) is 0 Å². The van der Waals surface area contributed by atoms with Gasteiger partial charge >= 0.3 is 0 Å². The summed E-state index contributed by atoms with van der Waals surface area (Å²) in [5.41, 5.74) is 2.17. The molecule has 1 atom stereocenters. The van der Waals surface area contributed by atoms with Gasteiger partial charge in [0.05, 0.1) is 12.8 Å². The maximum Gasteiger partial charge on any atom is 0.247 e. The Balaban J connectivity index is 1.90. The lowest BCUT2D eigenvalue weighted by atomic mass is 9.98. The lowest BCUT2D eigenvalue weighted by Gasteiger charge is -2.32. The molecule has 6 heteroatoms. The van der Waals surface area contributed by atoms with Crippen molar-refractivity contribution in [2.75, 3.05) is 5.32 Å². The number of rotatable bonds is 8. The quantitative estimate of drug-likeness (QED) is 0.453. The highest BCUT2D eigenvalue weighted by Crippen LogP contribution is 2.20. The molecule has 0 aliphatic rings. The first-order chi connectivity index (χ1) is 15.8. The van der Waals surface area contributed by atoms with E-state index in [2.05, 4.69) is 21.2 Å². The van der Waals surface area contributed by atoms with Crippen LogP contribution in [0.3, 0.4) is 0 Å². The van der Waals surface area contributed by atoms with E-state index < -0.39 is 23.8 Å². The third-order valence-corrected chi connectivity index (χ3v) is 5.75. The molecule has 3 amide bonds. The summed E-state index contributed by atoms with van der Waals surface area (Å²) in [6, 6.07) is 24.7. The first-order valence-electron chi connectivity index (χ1n) is 10.8. The van der Waals surface area contributed by atoms with E-state index in [0.717, 1.165) is 20.5 Å². The molecular weight excluding hydrogens is 480 g/mol.